The summed E-state index contributed by atoms with van der Waals surface area (Å²) in [7, 11) is 0. The molecular formula is C6H5FN4. The summed E-state index contributed by atoms with van der Waals surface area (Å²) in [6, 6.07) is 0. The number of azo groups is 1. The second-order valence-electron chi connectivity index (χ2n) is 2.26. The summed E-state index contributed by atoms with van der Waals surface area (Å²) in [6.45, 7) is 0. The van der Waals surface area contributed by atoms with Crippen molar-refractivity contribution in [2.45, 2.75) is 6.17 Å². The molecule has 2 N–H and O–H groups in total. The Bertz CT molecular complexity index is 302. The molecule has 56 valence electrons. The fourth-order valence-corrected chi connectivity index (χ4v) is 0.984. The van der Waals surface area contributed by atoms with E-state index in [-0.39, 0.29) is 12.0 Å². The van der Waals surface area contributed by atoms with Crippen molar-refractivity contribution in [2.24, 2.45) is 10.2 Å². The van der Waals surface area contributed by atoms with Crippen molar-refractivity contribution < 1.29 is 4.39 Å². The first-order valence-corrected chi connectivity index (χ1v) is 3.10. The number of halogens is 1. The third-order valence-electron chi connectivity index (χ3n) is 1.51. The van der Waals surface area contributed by atoms with E-state index in [1.165, 1.54) is 12.3 Å². The van der Waals surface area contributed by atoms with Crippen LogP contribution in [0.5, 0.6) is 0 Å². The van der Waals surface area contributed by atoms with E-state index in [2.05, 4.69) is 15.5 Å². The first kappa shape index (κ1) is 6.21. The zero-order valence-electron chi connectivity index (χ0n) is 5.50. The molecule has 0 amide bonds. The normalized spacial score (nSPS) is 27.4. The molecule has 1 atom stereocenters. The molecule has 2 rings (SSSR count). The van der Waals surface area contributed by atoms with Crippen LogP contribution in [0.2, 0.25) is 0 Å². The highest BCUT2D eigenvalue weighted by Crippen LogP contribution is 2.21. The van der Waals surface area contributed by atoms with Gasteiger partial charge in [0.1, 0.15) is 5.83 Å². The van der Waals surface area contributed by atoms with E-state index in [4.69, 9.17) is 5.41 Å². The fraction of sp³-hybridized carbons (Fsp3) is 0.167. The first-order chi connectivity index (χ1) is 5.27. The van der Waals surface area contributed by atoms with Crippen LogP contribution in [0, 0.1) is 5.41 Å². The van der Waals surface area contributed by atoms with E-state index in [0.29, 0.717) is 5.57 Å². The molecule has 2 aliphatic rings. The highest BCUT2D eigenvalue weighted by Gasteiger charge is 2.25. The maximum absolute atomic E-state index is 12.5. The van der Waals surface area contributed by atoms with Crippen molar-refractivity contribution >= 4 is 5.84 Å². The molecule has 2 aliphatic heterocycles. The Morgan fingerprint density at radius 3 is 3.27 bits per heavy atom. The van der Waals surface area contributed by atoms with Crippen LogP contribution in [0.3, 0.4) is 0 Å². The molecule has 0 saturated carbocycles. The third kappa shape index (κ3) is 0.849. The molecule has 11 heavy (non-hydrogen) atoms. The van der Waals surface area contributed by atoms with Crippen LogP contribution in [0.4, 0.5) is 4.39 Å². The Morgan fingerprint density at radius 1 is 1.64 bits per heavy atom. The van der Waals surface area contributed by atoms with E-state index in [0.717, 1.165) is 0 Å². The van der Waals surface area contributed by atoms with E-state index in [1.807, 2.05) is 0 Å². The lowest BCUT2D eigenvalue weighted by Gasteiger charge is -2.11. The van der Waals surface area contributed by atoms with Crippen LogP contribution in [0.25, 0.3) is 0 Å². The van der Waals surface area contributed by atoms with Gasteiger partial charge in [-0.05, 0) is 6.08 Å². The number of rotatable bonds is 0. The van der Waals surface area contributed by atoms with E-state index >= 15 is 0 Å². The number of dihydropyridines is 1. The molecule has 2 heterocycles. The summed E-state index contributed by atoms with van der Waals surface area (Å²) < 4.78 is 12.5. The van der Waals surface area contributed by atoms with E-state index in [1.54, 1.807) is 0 Å². The number of hydrogen-bond acceptors (Lipinski definition) is 3. The van der Waals surface area contributed by atoms with Gasteiger partial charge < -0.3 is 5.32 Å². The van der Waals surface area contributed by atoms with Crippen LogP contribution < -0.4 is 5.32 Å². The van der Waals surface area contributed by atoms with Gasteiger partial charge in [0, 0.05) is 11.8 Å². The molecule has 5 heteroatoms. The van der Waals surface area contributed by atoms with Gasteiger partial charge in [-0.2, -0.15) is 5.11 Å². The van der Waals surface area contributed by atoms with E-state index in [9.17, 15) is 4.39 Å². The maximum Gasteiger partial charge on any atom is 0.174 e. The standard InChI is InChI=1S/C6H5FN4/c7-3-1-4-5(8)10-11-6(4)9-2-3/h1-2,6,8-9H/t6-/m1/s1. The number of nitrogens with one attached hydrogen (secondary N) is 2. The number of nitrogens with zero attached hydrogens (tertiary/aromatic N) is 2. The van der Waals surface area contributed by atoms with Gasteiger partial charge in [-0.15, -0.1) is 5.11 Å². The highest BCUT2D eigenvalue weighted by atomic mass is 19.1. The summed E-state index contributed by atoms with van der Waals surface area (Å²) in [5.74, 6) is -0.362. The van der Waals surface area contributed by atoms with Gasteiger partial charge in [0.2, 0.25) is 0 Å². The Morgan fingerprint density at radius 2 is 2.45 bits per heavy atom. The van der Waals surface area contributed by atoms with E-state index < -0.39 is 5.83 Å². The Balaban J connectivity index is 2.39. The maximum atomic E-state index is 12.5. The lowest BCUT2D eigenvalue weighted by atomic mass is 10.1. The SMILES string of the molecule is N=C1N=N[C@H]2NC=C(F)C=C12. The number of allylic oxidation sites excluding steroid dienone is 2. The van der Waals surface area contributed by atoms with Crippen LogP contribution in [-0.4, -0.2) is 12.0 Å². The average Bonchev–Trinajstić information content (AvgIpc) is 2.33. The van der Waals surface area contributed by atoms with Gasteiger partial charge in [-0.1, -0.05) is 0 Å². The molecule has 0 unspecified atom stereocenters. The van der Waals surface area contributed by atoms with Crippen molar-refractivity contribution in [1.29, 1.82) is 5.41 Å². The largest absolute Gasteiger partial charge is 0.362 e. The molecule has 0 fully saturated rings. The van der Waals surface area contributed by atoms with Crippen LogP contribution in [-0.2, 0) is 0 Å². The first-order valence-electron chi connectivity index (χ1n) is 3.10. The molecule has 0 bridgehead atoms. The summed E-state index contributed by atoms with van der Waals surface area (Å²) in [5.41, 5.74) is 0.491. The lowest BCUT2D eigenvalue weighted by Crippen LogP contribution is -2.26. The molecule has 0 aromatic rings. The average molecular weight is 152 g/mol. The molecule has 0 aromatic carbocycles. The second-order valence-corrected chi connectivity index (χ2v) is 2.26. The molecular weight excluding hydrogens is 147 g/mol. The van der Waals surface area contributed by atoms with Gasteiger partial charge in [-0.25, -0.2) is 4.39 Å². The van der Waals surface area contributed by atoms with Crippen molar-refractivity contribution in [3.8, 4) is 0 Å². The van der Waals surface area contributed by atoms with Gasteiger partial charge in [0.25, 0.3) is 0 Å². The summed E-state index contributed by atoms with van der Waals surface area (Å²) in [4.78, 5) is 0. The number of hydrogen-bond donors (Lipinski definition) is 2. The summed E-state index contributed by atoms with van der Waals surface area (Å²) in [6.07, 6.45) is 2.14. The molecule has 0 radical (unpaired) electrons. The van der Waals surface area contributed by atoms with Crippen molar-refractivity contribution in [3.05, 3.63) is 23.7 Å². The Kier molecular flexibility index (Phi) is 1.12. The van der Waals surface area contributed by atoms with Gasteiger partial charge in [0.15, 0.2) is 12.0 Å². The van der Waals surface area contributed by atoms with Crippen LogP contribution >= 0.6 is 0 Å². The predicted molar refractivity (Wildman–Crippen MR) is 36.8 cm³/mol. The highest BCUT2D eigenvalue weighted by molar-refractivity contribution is 5.99. The topological polar surface area (TPSA) is 60.6 Å². The quantitative estimate of drug-likeness (QED) is 0.536. The fourth-order valence-electron chi connectivity index (χ4n) is 0.984. The summed E-state index contributed by atoms with van der Waals surface area (Å²) >= 11 is 0. The van der Waals surface area contributed by atoms with Crippen molar-refractivity contribution in [2.75, 3.05) is 0 Å². The number of amidine groups is 1. The minimum absolute atomic E-state index is 0.0331. The van der Waals surface area contributed by atoms with Crippen molar-refractivity contribution in [3.63, 3.8) is 0 Å². The Labute approximate surface area is 62.0 Å². The third-order valence-corrected chi connectivity index (χ3v) is 1.51. The molecule has 0 aromatic heterocycles. The smallest absolute Gasteiger partial charge is 0.174 e. The van der Waals surface area contributed by atoms with Crippen LogP contribution in [0.1, 0.15) is 0 Å². The molecule has 0 saturated heterocycles. The zero-order valence-corrected chi connectivity index (χ0v) is 5.50. The monoisotopic (exact) mass is 152 g/mol. The zero-order chi connectivity index (χ0) is 7.84. The Hall–Kier alpha value is -1.52. The minimum atomic E-state index is -0.395. The van der Waals surface area contributed by atoms with Gasteiger partial charge in [-0.3, -0.25) is 5.41 Å². The van der Waals surface area contributed by atoms with Gasteiger partial charge in [0.05, 0.1) is 0 Å². The molecule has 0 spiro atoms. The van der Waals surface area contributed by atoms with Gasteiger partial charge >= 0.3 is 0 Å². The van der Waals surface area contributed by atoms with Crippen molar-refractivity contribution in [1.82, 2.24) is 5.32 Å². The molecule has 0 aliphatic carbocycles. The number of fused-ring (bicyclic) bond motifs is 1. The summed E-state index contributed by atoms with van der Waals surface area (Å²) in [5, 5.41) is 17.0. The lowest BCUT2D eigenvalue weighted by molar-refractivity contribution is 0.611. The second kappa shape index (κ2) is 1.98. The predicted octanol–water partition coefficient (Wildman–Crippen LogP) is 1.10. The minimum Gasteiger partial charge on any atom is -0.362 e. The molecule has 4 nitrogen and oxygen atoms in total. The van der Waals surface area contributed by atoms with Crippen LogP contribution in [0.15, 0.2) is 33.9 Å².